The Morgan fingerprint density at radius 2 is 1.63 bits per heavy atom. The summed E-state index contributed by atoms with van der Waals surface area (Å²) in [5, 5.41) is 14.5. The van der Waals surface area contributed by atoms with Gasteiger partial charge in [0, 0.05) is 5.56 Å². The van der Waals surface area contributed by atoms with Crippen LogP contribution in [0, 0.1) is 6.92 Å². The average Bonchev–Trinajstić information content (AvgIpc) is 2.83. The molecule has 1 heterocycles. The van der Waals surface area contributed by atoms with E-state index < -0.39 is 0 Å². The molecule has 0 atom stereocenters. The summed E-state index contributed by atoms with van der Waals surface area (Å²) in [6, 6.07) is 17.7. The van der Waals surface area contributed by atoms with E-state index in [0.717, 1.165) is 11.3 Å². The predicted molar refractivity (Wildman–Crippen MR) is 75.4 cm³/mol. The predicted octanol–water partition coefficient (Wildman–Crippen LogP) is 3.55. The van der Waals surface area contributed by atoms with Gasteiger partial charge in [0.1, 0.15) is 5.69 Å². The lowest BCUT2D eigenvalue weighted by atomic mass is 10.1. The Morgan fingerprint density at radius 1 is 0.947 bits per heavy atom. The number of nitrogens with zero attached hydrogens (tertiary/aromatic N) is 2. The van der Waals surface area contributed by atoms with Crippen LogP contribution in [0.15, 0.2) is 60.8 Å². The Kier molecular flexibility index (Phi) is 2.80. The van der Waals surface area contributed by atoms with Gasteiger partial charge >= 0.3 is 0 Å². The van der Waals surface area contributed by atoms with Crippen molar-refractivity contribution in [1.82, 2.24) is 9.78 Å². The van der Waals surface area contributed by atoms with Gasteiger partial charge in [0.15, 0.2) is 5.75 Å². The van der Waals surface area contributed by atoms with E-state index in [9.17, 15) is 5.11 Å². The standard InChI is InChI=1S/C16H14N2O/c1-12-7-9-14(10-8-12)18-11-15(19)16(17-18)13-5-3-2-4-6-13/h2-11,19H,1H3. The Morgan fingerprint density at radius 3 is 2.32 bits per heavy atom. The first-order valence-corrected chi connectivity index (χ1v) is 6.15. The maximum Gasteiger partial charge on any atom is 0.162 e. The molecule has 0 bridgehead atoms. The van der Waals surface area contributed by atoms with Crippen LogP contribution >= 0.6 is 0 Å². The van der Waals surface area contributed by atoms with Crippen molar-refractivity contribution < 1.29 is 5.11 Å². The summed E-state index contributed by atoms with van der Waals surface area (Å²) >= 11 is 0. The first-order chi connectivity index (χ1) is 9.24. The van der Waals surface area contributed by atoms with Crippen LogP contribution < -0.4 is 0 Å². The third-order valence-corrected chi connectivity index (χ3v) is 3.04. The van der Waals surface area contributed by atoms with Crippen molar-refractivity contribution in [2.45, 2.75) is 6.92 Å². The first kappa shape index (κ1) is 11.5. The molecule has 2 aromatic carbocycles. The van der Waals surface area contributed by atoms with Gasteiger partial charge in [0.25, 0.3) is 0 Å². The van der Waals surface area contributed by atoms with Gasteiger partial charge in [0.05, 0.1) is 11.9 Å². The van der Waals surface area contributed by atoms with Gasteiger partial charge < -0.3 is 5.11 Å². The molecule has 94 valence electrons. The van der Waals surface area contributed by atoms with E-state index in [4.69, 9.17) is 0 Å². The van der Waals surface area contributed by atoms with Crippen molar-refractivity contribution in [2.24, 2.45) is 0 Å². The fourth-order valence-electron chi connectivity index (χ4n) is 2.00. The highest BCUT2D eigenvalue weighted by atomic mass is 16.3. The molecule has 0 amide bonds. The maximum absolute atomic E-state index is 10.0. The number of hydrogen-bond donors (Lipinski definition) is 1. The van der Waals surface area contributed by atoms with Gasteiger partial charge in [-0.3, -0.25) is 0 Å². The van der Waals surface area contributed by atoms with Crippen LogP contribution in [-0.2, 0) is 0 Å². The highest BCUT2D eigenvalue weighted by Gasteiger charge is 2.10. The highest BCUT2D eigenvalue weighted by Crippen LogP contribution is 2.28. The number of aryl methyl sites for hydroxylation is 1. The Hall–Kier alpha value is -2.55. The molecular weight excluding hydrogens is 236 g/mol. The third-order valence-electron chi connectivity index (χ3n) is 3.04. The van der Waals surface area contributed by atoms with Crippen molar-refractivity contribution in [3.05, 3.63) is 66.4 Å². The van der Waals surface area contributed by atoms with Gasteiger partial charge in [-0.25, -0.2) is 4.68 Å². The molecule has 0 saturated heterocycles. The summed E-state index contributed by atoms with van der Waals surface area (Å²) in [6.45, 7) is 2.04. The second kappa shape index (κ2) is 4.61. The van der Waals surface area contributed by atoms with Crippen LogP contribution in [0.1, 0.15) is 5.56 Å². The summed E-state index contributed by atoms with van der Waals surface area (Å²) in [4.78, 5) is 0. The molecule has 3 heteroatoms. The van der Waals surface area contributed by atoms with E-state index in [2.05, 4.69) is 5.10 Å². The van der Waals surface area contributed by atoms with Crippen LogP contribution in [0.3, 0.4) is 0 Å². The molecule has 3 rings (SSSR count). The lowest BCUT2D eigenvalue weighted by molar-refractivity contribution is 0.477. The van der Waals surface area contributed by atoms with Gasteiger partial charge in [-0.2, -0.15) is 5.10 Å². The molecular formula is C16H14N2O. The van der Waals surface area contributed by atoms with Crippen molar-refractivity contribution in [1.29, 1.82) is 0 Å². The van der Waals surface area contributed by atoms with Gasteiger partial charge in [-0.05, 0) is 19.1 Å². The minimum Gasteiger partial charge on any atom is -0.504 e. The van der Waals surface area contributed by atoms with E-state index in [1.54, 1.807) is 10.9 Å². The second-order valence-electron chi connectivity index (χ2n) is 4.51. The maximum atomic E-state index is 10.0. The SMILES string of the molecule is Cc1ccc(-n2cc(O)c(-c3ccccc3)n2)cc1. The average molecular weight is 250 g/mol. The molecule has 0 spiro atoms. The van der Waals surface area contributed by atoms with Crippen LogP contribution in [0.5, 0.6) is 5.75 Å². The van der Waals surface area contributed by atoms with Crippen molar-refractivity contribution in [3.63, 3.8) is 0 Å². The van der Waals surface area contributed by atoms with E-state index >= 15 is 0 Å². The van der Waals surface area contributed by atoms with Crippen LogP contribution in [-0.4, -0.2) is 14.9 Å². The van der Waals surface area contributed by atoms with Crippen molar-refractivity contribution >= 4 is 0 Å². The molecule has 3 aromatic rings. The molecule has 1 aromatic heterocycles. The molecule has 0 aliphatic rings. The van der Waals surface area contributed by atoms with Gasteiger partial charge in [0.2, 0.25) is 0 Å². The Balaban J connectivity index is 2.04. The molecule has 3 nitrogen and oxygen atoms in total. The summed E-state index contributed by atoms with van der Waals surface area (Å²) in [5.41, 5.74) is 3.64. The second-order valence-corrected chi connectivity index (χ2v) is 4.51. The Labute approximate surface area is 111 Å². The fraction of sp³-hybridized carbons (Fsp3) is 0.0625. The zero-order valence-corrected chi connectivity index (χ0v) is 10.6. The summed E-state index contributed by atoms with van der Waals surface area (Å²) in [5.74, 6) is 0.187. The van der Waals surface area contributed by atoms with E-state index in [1.807, 2.05) is 61.5 Å². The van der Waals surface area contributed by atoms with Crippen LogP contribution in [0.4, 0.5) is 0 Å². The highest BCUT2D eigenvalue weighted by molar-refractivity contribution is 5.65. The van der Waals surface area contributed by atoms with Crippen LogP contribution in [0.2, 0.25) is 0 Å². The largest absolute Gasteiger partial charge is 0.504 e. The number of rotatable bonds is 2. The number of benzene rings is 2. The minimum absolute atomic E-state index is 0.187. The monoisotopic (exact) mass is 250 g/mol. The van der Waals surface area contributed by atoms with E-state index in [-0.39, 0.29) is 5.75 Å². The zero-order valence-electron chi connectivity index (χ0n) is 10.6. The third kappa shape index (κ3) is 2.22. The summed E-state index contributed by atoms with van der Waals surface area (Å²) < 4.78 is 1.69. The lowest BCUT2D eigenvalue weighted by Gasteiger charge is -2.01. The van der Waals surface area contributed by atoms with Crippen molar-refractivity contribution in [2.75, 3.05) is 0 Å². The molecule has 0 fully saturated rings. The lowest BCUT2D eigenvalue weighted by Crippen LogP contribution is -1.94. The normalized spacial score (nSPS) is 10.6. The molecule has 19 heavy (non-hydrogen) atoms. The van der Waals surface area contributed by atoms with Crippen molar-refractivity contribution in [3.8, 4) is 22.7 Å². The number of aromatic hydroxyl groups is 1. The summed E-state index contributed by atoms with van der Waals surface area (Å²) in [6.07, 6.45) is 1.63. The molecule has 1 N–H and O–H groups in total. The molecule has 0 aliphatic carbocycles. The fourth-order valence-corrected chi connectivity index (χ4v) is 2.00. The van der Waals surface area contributed by atoms with E-state index in [1.165, 1.54) is 5.56 Å². The molecule has 0 saturated carbocycles. The Bertz CT molecular complexity index is 685. The van der Waals surface area contributed by atoms with E-state index in [0.29, 0.717) is 5.69 Å². The quantitative estimate of drug-likeness (QED) is 0.755. The summed E-state index contributed by atoms with van der Waals surface area (Å²) in [7, 11) is 0. The topological polar surface area (TPSA) is 38.0 Å². The first-order valence-electron chi connectivity index (χ1n) is 6.15. The zero-order chi connectivity index (χ0) is 13.2. The number of hydrogen-bond acceptors (Lipinski definition) is 2. The minimum atomic E-state index is 0.187. The van der Waals surface area contributed by atoms with Crippen LogP contribution in [0.25, 0.3) is 16.9 Å². The number of aromatic nitrogens is 2. The molecule has 0 aliphatic heterocycles. The molecule has 0 unspecified atom stereocenters. The van der Waals surface area contributed by atoms with Gasteiger partial charge in [-0.1, -0.05) is 48.0 Å². The smallest absolute Gasteiger partial charge is 0.162 e. The molecule has 0 radical (unpaired) electrons. The van der Waals surface area contributed by atoms with Gasteiger partial charge in [-0.15, -0.1) is 0 Å².